The van der Waals surface area contributed by atoms with Gasteiger partial charge in [0.05, 0.1) is 12.2 Å². The first-order chi connectivity index (χ1) is 11.1. The molecule has 0 heterocycles. The average Bonchev–Trinajstić information content (AvgIpc) is 2.48. The van der Waals surface area contributed by atoms with E-state index in [4.69, 9.17) is 8.92 Å². The van der Waals surface area contributed by atoms with E-state index in [1.165, 1.54) is 18.2 Å². The van der Waals surface area contributed by atoms with Gasteiger partial charge >= 0.3 is 16.3 Å². The molecule has 0 unspecified atom stereocenters. The molecule has 0 aliphatic rings. The van der Waals surface area contributed by atoms with Crippen LogP contribution >= 0.6 is 0 Å². The molecular formula is C15H12F4O4S. The van der Waals surface area contributed by atoms with Gasteiger partial charge in [0.2, 0.25) is 0 Å². The third-order valence-corrected chi connectivity index (χ3v) is 4.11. The van der Waals surface area contributed by atoms with Gasteiger partial charge in [0.15, 0.2) is 11.5 Å². The van der Waals surface area contributed by atoms with E-state index >= 15 is 0 Å². The summed E-state index contributed by atoms with van der Waals surface area (Å²) in [6.07, 6.45) is -5.03. The van der Waals surface area contributed by atoms with E-state index < -0.39 is 32.6 Å². The number of halogens is 4. The summed E-state index contributed by atoms with van der Waals surface area (Å²) >= 11 is 0. The molecule has 130 valence electrons. The van der Waals surface area contributed by atoms with Crippen LogP contribution in [0.3, 0.4) is 0 Å². The predicted octanol–water partition coefficient (Wildman–Crippen LogP) is 4.01. The Kier molecular flexibility index (Phi) is 5.02. The molecule has 0 radical (unpaired) electrons. The van der Waals surface area contributed by atoms with E-state index in [1.54, 1.807) is 13.0 Å². The van der Waals surface area contributed by atoms with Crippen LogP contribution in [0.2, 0.25) is 0 Å². The first kappa shape index (κ1) is 18.1. The van der Waals surface area contributed by atoms with Crippen LogP contribution in [0.1, 0.15) is 12.5 Å². The number of benzene rings is 2. The fourth-order valence-electron chi connectivity index (χ4n) is 1.84. The number of rotatable bonds is 5. The number of hydrogen-bond acceptors (Lipinski definition) is 4. The fraction of sp³-hybridized carbons (Fsp3) is 0.200. The average molecular weight is 364 g/mol. The summed E-state index contributed by atoms with van der Waals surface area (Å²) in [6.45, 7) is 1.90. The number of alkyl halides is 3. The lowest BCUT2D eigenvalue weighted by Crippen LogP contribution is -2.14. The molecule has 0 aliphatic heterocycles. The maximum absolute atomic E-state index is 13.3. The van der Waals surface area contributed by atoms with Crippen molar-refractivity contribution in [3.63, 3.8) is 0 Å². The van der Waals surface area contributed by atoms with Gasteiger partial charge in [0, 0.05) is 0 Å². The van der Waals surface area contributed by atoms with Crippen LogP contribution in [0.5, 0.6) is 11.5 Å². The third-order valence-electron chi connectivity index (χ3n) is 2.88. The summed E-state index contributed by atoms with van der Waals surface area (Å²) in [5.41, 5.74) is -1.69. The molecule has 4 nitrogen and oxygen atoms in total. The predicted molar refractivity (Wildman–Crippen MR) is 76.8 cm³/mol. The molecular weight excluding hydrogens is 352 g/mol. The fourth-order valence-corrected chi connectivity index (χ4v) is 2.80. The molecule has 2 aromatic rings. The van der Waals surface area contributed by atoms with Crippen molar-refractivity contribution in [3.8, 4) is 11.5 Å². The molecule has 0 aromatic heterocycles. The second kappa shape index (κ2) is 6.68. The Morgan fingerprint density at radius 1 is 1.04 bits per heavy atom. The Morgan fingerprint density at radius 2 is 1.67 bits per heavy atom. The van der Waals surface area contributed by atoms with E-state index in [1.807, 2.05) is 0 Å². The Hall–Kier alpha value is -2.29. The Bertz CT molecular complexity index is 832. The van der Waals surface area contributed by atoms with Crippen LogP contribution in [0.15, 0.2) is 47.4 Å². The molecule has 0 atom stereocenters. The molecule has 9 heteroatoms. The van der Waals surface area contributed by atoms with Crippen LogP contribution < -0.4 is 8.92 Å². The van der Waals surface area contributed by atoms with Gasteiger partial charge in [-0.05, 0) is 37.3 Å². The van der Waals surface area contributed by atoms with Gasteiger partial charge < -0.3 is 8.92 Å². The van der Waals surface area contributed by atoms with Crippen molar-refractivity contribution in [1.82, 2.24) is 0 Å². The van der Waals surface area contributed by atoms with Crippen molar-refractivity contribution in [2.75, 3.05) is 6.61 Å². The highest BCUT2D eigenvalue weighted by molar-refractivity contribution is 7.87. The monoisotopic (exact) mass is 364 g/mol. The maximum atomic E-state index is 13.3. The van der Waals surface area contributed by atoms with Crippen molar-refractivity contribution in [1.29, 1.82) is 0 Å². The summed E-state index contributed by atoms with van der Waals surface area (Å²) in [5.74, 6) is -1.64. The summed E-state index contributed by atoms with van der Waals surface area (Å²) in [5, 5.41) is 0. The van der Waals surface area contributed by atoms with Crippen molar-refractivity contribution >= 4 is 10.1 Å². The molecule has 0 saturated heterocycles. The van der Waals surface area contributed by atoms with E-state index in [-0.39, 0.29) is 24.2 Å². The molecule has 2 rings (SSSR count). The van der Waals surface area contributed by atoms with E-state index in [0.717, 1.165) is 0 Å². The van der Waals surface area contributed by atoms with Crippen LogP contribution in [-0.2, 0) is 16.3 Å². The molecule has 24 heavy (non-hydrogen) atoms. The lowest BCUT2D eigenvalue weighted by atomic mass is 10.2. The number of para-hydroxylation sites is 2. The molecule has 0 bridgehead atoms. The van der Waals surface area contributed by atoms with Gasteiger partial charge in [-0.3, -0.25) is 0 Å². The smallest absolute Gasteiger partial charge is 0.419 e. The largest absolute Gasteiger partial charge is 0.490 e. The zero-order chi connectivity index (χ0) is 18.0. The minimum absolute atomic E-state index is 0.113. The van der Waals surface area contributed by atoms with E-state index in [9.17, 15) is 26.0 Å². The van der Waals surface area contributed by atoms with Gasteiger partial charge in [-0.15, -0.1) is 0 Å². The SMILES string of the molecule is CCOc1ccccc1OS(=O)(=O)c1ccc(F)c(C(F)(F)F)c1. The first-order valence-corrected chi connectivity index (χ1v) is 8.09. The van der Waals surface area contributed by atoms with Crippen molar-refractivity contribution < 1.29 is 34.9 Å². The van der Waals surface area contributed by atoms with Gasteiger partial charge in [-0.25, -0.2) is 4.39 Å². The molecule has 0 amide bonds. The minimum atomic E-state index is -5.03. The quantitative estimate of drug-likeness (QED) is 0.594. The van der Waals surface area contributed by atoms with Gasteiger partial charge in [0.1, 0.15) is 10.7 Å². The lowest BCUT2D eigenvalue weighted by Gasteiger charge is -2.13. The Balaban J connectivity index is 2.42. The van der Waals surface area contributed by atoms with Gasteiger partial charge in [-0.1, -0.05) is 12.1 Å². The van der Waals surface area contributed by atoms with Crippen LogP contribution in [0.25, 0.3) is 0 Å². The van der Waals surface area contributed by atoms with Crippen molar-refractivity contribution in [2.45, 2.75) is 18.0 Å². The van der Waals surface area contributed by atoms with Crippen molar-refractivity contribution in [3.05, 3.63) is 53.8 Å². The molecule has 0 fully saturated rings. The van der Waals surface area contributed by atoms with Crippen LogP contribution in [0.4, 0.5) is 17.6 Å². The Morgan fingerprint density at radius 3 is 2.25 bits per heavy atom. The maximum Gasteiger partial charge on any atom is 0.419 e. The second-order valence-electron chi connectivity index (χ2n) is 4.56. The summed E-state index contributed by atoms with van der Waals surface area (Å²) in [6, 6.07) is 7.09. The zero-order valence-electron chi connectivity index (χ0n) is 12.3. The van der Waals surface area contributed by atoms with Crippen LogP contribution in [0, 0.1) is 5.82 Å². The molecule has 2 aromatic carbocycles. The molecule has 0 spiro atoms. The molecule has 0 N–H and O–H groups in total. The molecule has 0 saturated carbocycles. The topological polar surface area (TPSA) is 52.6 Å². The Labute approximate surface area is 135 Å². The van der Waals surface area contributed by atoms with Crippen molar-refractivity contribution in [2.24, 2.45) is 0 Å². The number of hydrogen-bond donors (Lipinski definition) is 0. The highest BCUT2D eigenvalue weighted by atomic mass is 32.2. The van der Waals surface area contributed by atoms with E-state index in [2.05, 4.69) is 0 Å². The minimum Gasteiger partial charge on any atom is -0.490 e. The second-order valence-corrected chi connectivity index (χ2v) is 6.10. The van der Waals surface area contributed by atoms with Crippen LogP contribution in [-0.4, -0.2) is 15.0 Å². The van der Waals surface area contributed by atoms with Gasteiger partial charge in [0.25, 0.3) is 0 Å². The highest BCUT2D eigenvalue weighted by Gasteiger charge is 2.35. The molecule has 0 aliphatic carbocycles. The summed E-state index contributed by atoms with van der Waals surface area (Å²) in [4.78, 5) is -0.817. The normalized spacial score (nSPS) is 12.0. The first-order valence-electron chi connectivity index (χ1n) is 6.68. The summed E-state index contributed by atoms with van der Waals surface area (Å²) in [7, 11) is -4.60. The zero-order valence-corrected chi connectivity index (χ0v) is 13.1. The standard InChI is InChI=1S/C15H12F4O4S/c1-2-22-13-5-3-4-6-14(13)23-24(20,21)10-7-8-12(16)11(9-10)15(17,18)19/h3-9H,2H2,1H3. The van der Waals surface area contributed by atoms with E-state index in [0.29, 0.717) is 12.1 Å². The van der Waals surface area contributed by atoms with Gasteiger partial charge in [-0.2, -0.15) is 21.6 Å². The highest BCUT2D eigenvalue weighted by Crippen LogP contribution is 2.34. The number of ether oxygens (including phenoxy) is 1. The lowest BCUT2D eigenvalue weighted by molar-refractivity contribution is -0.140. The third kappa shape index (κ3) is 3.97. The summed E-state index contributed by atoms with van der Waals surface area (Å²) < 4.78 is 85.8.